The zero-order chi connectivity index (χ0) is 14.4. The summed E-state index contributed by atoms with van der Waals surface area (Å²) < 4.78 is 1.30. The van der Waals surface area contributed by atoms with Gasteiger partial charge in [0.2, 0.25) is 0 Å². The van der Waals surface area contributed by atoms with Crippen molar-refractivity contribution in [3.8, 4) is 0 Å². The SMILES string of the molecule is CCCNC(c1sccc1Br)C1CCC(CCC)CC1. The van der Waals surface area contributed by atoms with Gasteiger partial charge in [-0.05, 0) is 65.0 Å². The molecule has 1 unspecified atom stereocenters. The molecule has 1 heterocycles. The van der Waals surface area contributed by atoms with E-state index in [1.54, 1.807) is 0 Å². The van der Waals surface area contributed by atoms with Crippen LogP contribution in [0.2, 0.25) is 0 Å². The lowest BCUT2D eigenvalue weighted by molar-refractivity contribution is 0.216. The highest BCUT2D eigenvalue weighted by molar-refractivity contribution is 9.10. The van der Waals surface area contributed by atoms with Crippen LogP contribution < -0.4 is 5.32 Å². The maximum absolute atomic E-state index is 3.81. The Labute approximate surface area is 136 Å². The van der Waals surface area contributed by atoms with Crippen LogP contribution in [-0.2, 0) is 0 Å². The molecule has 0 saturated heterocycles. The molecule has 2 rings (SSSR count). The van der Waals surface area contributed by atoms with Crippen molar-refractivity contribution in [3.05, 3.63) is 20.8 Å². The van der Waals surface area contributed by atoms with E-state index in [-0.39, 0.29) is 0 Å². The Bertz CT molecular complexity index is 382. The van der Waals surface area contributed by atoms with Gasteiger partial charge < -0.3 is 5.32 Å². The van der Waals surface area contributed by atoms with Crippen molar-refractivity contribution in [3.63, 3.8) is 0 Å². The quantitative estimate of drug-likeness (QED) is 0.616. The second-order valence-electron chi connectivity index (χ2n) is 6.13. The van der Waals surface area contributed by atoms with E-state index in [9.17, 15) is 0 Å². The van der Waals surface area contributed by atoms with Crippen LogP contribution in [0.25, 0.3) is 0 Å². The van der Waals surface area contributed by atoms with Gasteiger partial charge in [-0.1, -0.05) is 39.5 Å². The van der Waals surface area contributed by atoms with Crippen LogP contribution >= 0.6 is 27.3 Å². The van der Waals surface area contributed by atoms with Gasteiger partial charge in [0.25, 0.3) is 0 Å². The Kier molecular flexibility index (Phi) is 7.06. The molecule has 3 heteroatoms. The van der Waals surface area contributed by atoms with Gasteiger partial charge in [-0.15, -0.1) is 11.3 Å². The molecule has 0 amide bonds. The van der Waals surface area contributed by atoms with E-state index >= 15 is 0 Å². The van der Waals surface area contributed by atoms with Crippen molar-refractivity contribution in [2.24, 2.45) is 11.8 Å². The predicted molar refractivity (Wildman–Crippen MR) is 93.4 cm³/mol. The van der Waals surface area contributed by atoms with E-state index in [4.69, 9.17) is 0 Å². The molecule has 1 fully saturated rings. The van der Waals surface area contributed by atoms with Crippen LogP contribution in [0.4, 0.5) is 0 Å². The van der Waals surface area contributed by atoms with Crippen LogP contribution in [0.1, 0.15) is 69.7 Å². The summed E-state index contributed by atoms with van der Waals surface area (Å²) in [4.78, 5) is 1.51. The van der Waals surface area contributed by atoms with E-state index in [2.05, 4.69) is 46.5 Å². The summed E-state index contributed by atoms with van der Waals surface area (Å²) in [6.45, 7) is 5.70. The molecular formula is C17H28BrNS. The first kappa shape index (κ1) is 16.5. The highest BCUT2D eigenvalue weighted by atomic mass is 79.9. The largest absolute Gasteiger partial charge is 0.309 e. The summed E-state index contributed by atoms with van der Waals surface area (Å²) in [5, 5.41) is 6.02. The molecule has 0 aromatic carbocycles. The van der Waals surface area contributed by atoms with Crippen LogP contribution in [0.3, 0.4) is 0 Å². The lowest BCUT2D eigenvalue weighted by atomic mass is 9.76. The third kappa shape index (κ3) is 4.32. The summed E-state index contributed by atoms with van der Waals surface area (Å²) in [6, 6.07) is 2.76. The molecule has 1 aromatic heterocycles. The van der Waals surface area contributed by atoms with Gasteiger partial charge in [-0.25, -0.2) is 0 Å². The standard InChI is InChI=1S/C17H28BrNS/c1-3-5-13-6-8-14(9-7-13)16(19-11-4-2)17-15(18)10-12-20-17/h10,12-14,16,19H,3-9,11H2,1-2H3. The fourth-order valence-corrected chi connectivity index (χ4v) is 5.31. The van der Waals surface area contributed by atoms with Crippen molar-refractivity contribution >= 4 is 27.3 Å². The number of nitrogens with one attached hydrogen (secondary N) is 1. The zero-order valence-corrected chi connectivity index (χ0v) is 15.2. The molecule has 1 aromatic rings. The fraction of sp³-hybridized carbons (Fsp3) is 0.765. The summed E-state index contributed by atoms with van der Waals surface area (Å²) in [5.74, 6) is 1.82. The number of hydrogen-bond acceptors (Lipinski definition) is 2. The average molecular weight is 358 g/mol. The van der Waals surface area contributed by atoms with Crippen molar-refractivity contribution < 1.29 is 0 Å². The highest BCUT2D eigenvalue weighted by Crippen LogP contribution is 2.41. The molecule has 1 N–H and O–H groups in total. The molecule has 0 spiro atoms. The monoisotopic (exact) mass is 357 g/mol. The lowest BCUT2D eigenvalue weighted by Gasteiger charge is -2.34. The van der Waals surface area contributed by atoms with E-state index in [1.165, 1.54) is 54.3 Å². The topological polar surface area (TPSA) is 12.0 Å². The van der Waals surface area contributed by atoms with Gasteiger partial charge in [0.1, 0.15) is 0 Å². The third-order valence-corrected chi connectivity index (χ3v) is 6.56. The Morgan fingerprint density at radius 2 is 2.00 bits per heavy atom. The molecule has 0 aliphatic heterocycles. The lowest BCUT2D eigenvalue weighted by Crippen LogP contribution is -2.31. The predicted octanol–water partition coefficient (Wildman–Crippen LogP) is 6.16. The third-order valence-electron chi connectivity index (χ3n) is 4.60. The Balaban J connectivity index is 1.99. The number of hydrogen-bond donors (Lipinski definition) is 1. The molecule has 20 heavy (non-hydrogen) atoms. The molecular weight excluding hydrogens is 330 g/mol. The van der Waals surface area contributed by atoms with Gasteiger partial charge in [-0.2, -0.15) is 0 Å². The molecule has 1 atom stereocenters. The minimum atomic E-state index is 0.562. The second-order valence-corrected chi connectivity index (χ2v) is 7.94. The molecule has 1 nitrogen and oxygen atoms in total. The maximum atomic E-state index is 3.81. The Morgan fingerprint density at radius 1 is 1.25 bits per heavy atom. The number of rotatable bonds is 7. The molecule has 114 valence electrons. The second kappa shape index (κ2) is 8.55. The molecule has 0 radical (unpaired) electrons. The normalized spacial score (nSPS) is 24.8. The smallest absolute Gasteiger partial charge is 0.0454 e. The molecule has 1 saturated carbocycles. The number of halogens is 1. The minimum absolute atomic E-state index is 0.562. The molecule has 1 aliphatic rings. The average Bonchev–Trinajstić information content (AvgIpc) is 2.88. The van der Waals surface area contributed by atoms with Crippen LogP contribution in [0.15, 0.2) is 15.9 Å². The van der Waals surface area contributed by atoms with Gasteiger partial charge >= 0.3 is 0 Å². The van der Waals surface area contributed by atoms with Crippen molar-refractivity contribution in [2.75, 3.05) is 6.54 Å². The van der Waals surface area contributed by atoms with Crippen molar-refractivity contribution in [1.29, 1.82) is 0 Å². The van der Waals surface area contributed by atoms with Crippen LogP contribution in [0, 0.1) is 11.8 Å². The van der Waals surface area contributed by atoms with Gasteiger partial charge in [0.15, 0.2) is 0 Å². The molecule has 0 bridgehead atoms. The summed E-state index contributed by atoms with van der Waals surface area (Å²) in [6.07, 6.45) is 9.67. The zero-order valence-electron chi connectivity index (χ0n) is 12.8. The van der Waals surface area contributed by atoms with Crippen LogP contribution in [0.5, 0.6) is 0 Å². The Morgan fingerprint density at radius 3 is 2.55 bits per heavy atom. The summed E-state index contributed by atoms with van der Waals surface area (Å²) >= 11 is 5.64. The number of thiophene rings is 1. The summed E-state index contributed by atoms with van der Waals surface area (Å²) in [7, 11) is 0. The first-order valence-corrected chi connectivity index (χ1v) is 9.89. The highest BCUT2D eigenvalue weighted by Gasteiger charge is 2.29. The summed E-state index contributed by atoms with van der Waals surface area (Å²) in [5.41, 5.74) is 0. The fourth-order valence-electron chi connectivity index (χ4n) is 3.52. The minimum Gasteiger partial charge on any atom is -0.309 e. The first-order valence-electron chi connectivity index (χ1n) is 8.22. The van der Waals surface area contributed by atoms with Gasteiger partial charge in [-0.3, -0.25) is 0 Å². The van der Waals surface area contributed by atoms with Gasteiger partial charge in [0.05, 0.1) is 0 Å². The van der Waals surface area contributed by atoms with Crippen molar-refractivity contribution in [1.82, 2.24) is 5.32 Å². The van der Waals surface area contributed by atoms with E-state index in [0.29, 0.717) is 6.04 Å². The van der Waals surface area contributed by atoms with E-state index < -0.39 is 0 Å². The van der Waals surface area contributed by atoms with E-state index in [0.717, 1.165) is 18.4 Å². The van der Waals surface area contributed by atoms with E-state index in [1.807, 2.05) is 11.3 Å². The molecule has 1 aliphatic carbocycles. The van der Waals surface area contributed by atoms with Crippen molar-refractivity contribution in [2.45, 2.75) is 64.8 Å². The first-order chi connectivity index (χ1) is 9.76. The van der Waals surface area contributed by atoms with Gasteiger partial charge in [0, 0.05) is 15.4 Å². The Hall–Kier alpha value is 0.140. The maximum Gasteiger partial charge on any atom is 0.0454 e. The van der Waals surface area contributed by atoms with Crippen LogP contribution in [-0.4, -0.2) is 6.54 Å².